The van der Waals surface area contributed by atoms with E-state index in [-0.39, 0.29) is 0 Å². The van der Waals surface area contributed by atoms with Crippen LogP contribution in [0.1, 0.15) is 30.3 Å². The monoisotopic (exact) mass is 361 g/mol. The molecule has 0 radical (unpaired) electrons. The molecule has 0 spiro atoms. The summed E-state index contributed by atoms with van der Waals surface area (Å²) in [5, 5.41) is 3.34. The molecular weight excluding hydrogens is 337 g/mol. The first-order valence-electron chi connectivity index (χ1n) is 8.55. The zero-order chi connectivity index (χ0) is 17.7. The highest BCUT2D eigenvalue weighted by molar-refractivity contribution is 7.54. The van der Waals surface area contributed by atoms with Crippen LogP contribution in [0.25, 0.3) is 0 Å². The Kier molecular flexibility index (Phi) is 5.79. The van der Waals surface area contributed by atoms with Gasteiger partial charge in [0.2, 0.25) is 0 Å². The summed E-state index contributed by atoms with van der Waals surface area (Å²) in [5.74, 6) is 0.217. The molecule has 1 aliphatic rings. The predicted molar refractivity (Wildman–Crippen MR) is 99.3 cm³/mol. The molecule has 1 aliphatic heterocycles. The van der Waals surface area contributed by atoms with Gasteiger partial charge < -0.3 is 19.1 Å². The SMILES string of the molecule is CCOc1ccc([C@@H](Nc2cccc(C)c2)P2(=O)OCCCO2)cc1. The van der Waals surface area contributed by atoms with Crippen LogP contribution in [-0.2, 0) is 13.6 Å². The van der Waals surface area contributed by atoms with Crippen molar-refractivity contribution in [3.05, 3.63) is 59.7 Å². The van der Waals surface area contributed by atoms with E-state index in [0.717, 1.165) is 29.0 Å². The molecule has 2 aromatic rings. The minimum absolute atomic E-state index is 0.445. The third kappa shape index (κ3) is 4.43. The summed E-state index contributed by atoms with van der Waals surface area (Å²) in [6.07, 6.45) is 0.754. The topological polar surface area (TPSA) is 56.8 Å². The van der Waals surface area contributed by atoms with Crippen molar-refractivity contribution in [3.63, 3.8) is 0 Å². The zero-order valence-corrected chi connectivity index (χ0v) is 15.5. The summed E-state index contributed by atoms with van der Waals surface area (Å²) >= 11 is 0. The van der Waals surface area contributed by atoms with Gasteiger partial charge in [0.25, 0.3) is 0 Å². The Morgan fingerprint density at radius 1 is 1.16 bits per heavy atom. The first kappa shape index (κ1) is 18.0. The molecular formula is C19H24NO4P. The number of anilines is 1. The highest BCUT2D eigenvalue weighted by Crippen LogP contribution is 2.62. The summed E-state index contributed by atoms with van der Waals surface area (Å²) in [7, 11) is -3.31. The van der Waals surface area contributed by atoms with Crippen LogP contribution in [0, 0.1) is 6.92 Å². The lowest BCUT2D eigenvalue weighted by Gasteiger charge is -2.31. The second kappa shape index (κ2) is 8.05. The van der Waals surface area contributed by atoms with E-state index in [2.05, 4.69) is 5.32 Å². The summed E-state index contributed by atoms with van der Waals surface area (Å²) < 4.78 is 30.0. The average molecular weight is 361 g/mol. The van der Waals surface area contributed by atoms with E-state index in [4.69, 9.17) is 13.8 Å². The molecule has 6 heteroatoms. The van der Waals surface area contributed by atoms with E-state index in [1.165, 1.54) is 0 Å². The molecule has 5 nitrogen and oxygen atoms in total. The van der Waals surface area contributed by atoms with E-state index in [1.54, 1.807) is 0 Å². The molecule has 0 amide bonds. The lowest BCUT2D eigenvalue weighted by atomic mass is 10.2. The minimum atomic E-state index is -3.31. The van der Waals surface area contributed by atoms with E-state index < -0.39 is 13.4 Å². The van der Waals surface area contributed by atoms with Gasteiger partial charge >= 0.3 is 7.60 Å². The molecule has 0 aliphatic carbocycles. The van der Waals surface area contributed by atoms with Gasteiger partial charge in [0, 0.05) is 5.69 Å². The number of ether oxygens (including phenoxy) is 1. The summed E-state index contributed by atoms with van der Waals surface area (Å²) in [6, 6.07) is 15.5. The summed E-state index contributed by atoms with van der Waals surface area (Å²) in [5.41, 5.74) is 2.85. The molecule has 1 N–H and O–H groups in total. The second-order valence-corrected chi connectivity index (χ2v) is 8.09. The largest absolute Gasteiger partial charge is 0.494 e. The Morgan fingerprint density at radius 3 is 2.52 bits per heavy atom. The van der Waals surface area contributed by atoms with E-state index in [9.17, 15) is 4.57 Å². The molecule has 0 bridgehead atoms. The Bertz CT molecular complexity index is 737. The number of benzene rings is 2. The summed E-state index contributed by atoms with van der Waals surface area (Å²) in [6.45, 7) is 5.46. The van der Waals surface area contributed by atoms with Crippen LogP contribution in [0.3, 0.4) is 0 Å². The smallest absolute Gasteiger partial charge is 0.357 e. The van der Waals surface area contributed by atoms with Crippen LogP contribution >= 0.6 is 7.60 Å². The van der Waals surface area contributed by atoms with Gasteiger partial charge in [-0.05, 0) is 55.7 Å². The molecule has 1 heterocycles. The van der Waals surface area contributed by atoms with Gasteiger partial charge in [-0.15, -0.1) is 0 Å². The highest BCUT2D eigenvalue weighted by Gasteiger charge is 2.39. The molecule has 25 heavy (non-hydrogen) atoms. The van der Waals surface area contributed by atoms with Crippen LogP contribution in [0.15, 0.2) is 48.5 Å². The van der Waals surface area contributed by atoms with Crippen LogP contribution in [-0.4, -0.2) is 19.8 Å². The second-order valence-electron chi connectivity index (χ2n) is 5.98. The highest BCUT2D eigenvalue weighted by atomic mass is 31.2. The molecule has 1 fully saturated rings. The average Bonchev–Trinajstić information content (AvgIpc) is 2.61. The molecule has 2 aromatic carbocycles. The van der Waals surface area contributed by atoms with Crippen molar-refractivity contribution in [1.82, 2.24) is 0 Å². The fourth-order valence-corrected chi connectivity index (χ4v) is 4.76. The Morgan fingerprint density at radius 2 is 1.88 bits per heavy atom. The predicted octanol–water partition coefficient (Wildman–Crippen LogP) is 5.13. The third-order valence-electron chi connectivity index (χ3n) is 3.98. The first-order chi connectivity index (χ1) is 12.1. The van der Waals surface area contributed by atoms with Crippen LogP contribution in [0.4, 0.5) is 5.69 Å². The number of aryl methyl sites for hydroxylation is 1. The molecule has 3 rings (SSSR count). The Balaban J connectivity index is 1.92. The molecule has 0 unspecified atom stereocenters. The van der Waals surface area contributed by atoms with Crippen LogP contribution in [0.2, 0.25) is 0 Å². The maximum atomic E-state index is 13.3. The van der Waals surface area contributed by atoms with Gasteiger partial charge in [0.05, 0.1) is 19.8 Å². The van der Waals surface area contributed by atoms with Crippen molar-refractivity contribution in [2.45, 2.75) is 26.1 Å². The standard InChI is InChI=1S/C19H24NO4P/c1-3-22-18-10-8-16(9-11-18)19(25(21)23-12-5-13-24-25)20-17-7-4-6-15(2)14-17/h4,6-11,14,19-20H,3,5,12-13H2,1-2H3/t19-/m0/s1. The molecule has 1 saturated heterocycles. The fourth-order valence-electron chi connectivity index (χ4n) is 2.78. The van der Waals surface area contributed by atoms with Crippen molar-refractivity contribution in [2.24, 2.45) is 0 Å². The zero-order valence-electron chi connectivity index (χ0n) is 14.6. The van der Waals surface area contributed by atoms with Crippen LogP contribution in [0.5, 0.6) is 5.75 Å². The number of hydrogen-bond acceptors (Lipinski definition) is 5. The van der Waals surface area contributed by atoms with E-state index in [1.807, 2.05) is 62.4 Å². The third-order valence-corrected chi connectivity index (χ3v) is 6.12. The normalized spacial score (nSPS) is 17.7. The van der Waals surface area contributed by atoms with E-state index in [0.29, 0.717) is 19.8 Å². The lowest BCUT2D eigenvalue weighted by molar-refractivity contribution is 0.141. The van der Waals surface area contributed by atoms with Gasteiger partial charge in [0.15, 0.2) is 5.78 Å². The van der Waals surface area contributed by atoms with Crippen molar-refractivity contribution < 1.29 is 18.3 Å². The molecule has 0 aromatic heterocycles. The van der Waals surface area contributed by atoms with Crippen molar-refractivity contribution in [3.8, 4) is 5.75 Å². The van der Waals surface area contributed by atoms with Crippen molar-refractivity contribution >= 4 is 13.3 Å². The number of hydrogen-bond donors (Lipinski definition) is 1. The van der Waals surface area contributed by atoms with Gasteiger partial charge in [-0.25, -0.2) is 0 Å². The number of rotatable bonds is 6. The molecule has 1 atom stereocenters. The van der Waals surface area contributed by atoms with Crippen molar-refractivity contribution in [1.29, 1.82) is 0 Å². The van der Waals surface area contributed by atoms with Gasteiger partial charge in [-0.1, -0.05) is 24.3 Å². The maximum Gasteiger partial charge on any atom is 0.357 e. The van der Waals surface area contributed by atoms with Gasteiger partial charge in [-0.3, -0.25) is 4.57 Å². The van der Waals surface area contributed by atoms with Crippen LogP contribution < -0.4 is 10.1 Å². The van der Waals surface area contributed by atoms with Gasteiger partial charge in [-0.2, -0.15) is 0 Å². The lowest BCUT2D eigenvalue weighted by Crippen LogP contribution is -2.19. The Hall–Kier alpha value is -1.81. The quantitative estimate of drug-likeness (QED) is 0.723. The molecule has 134 valence electrons. The maximum absolute atomic E-state index is 13.3. The molecule has 0 saturated carbocycles. The number of nitrogens with one attached hydrogen (secondary N) is 1. The minimum Gasteiger partial charge on any atom is -0.494 e. The first-order valence-corrected chi connectivity index (χ1v) is 10.2. The summed E-state index contributed by atoms with van der Waals surface area (Å²) in [4.78, 5) is 0. The van der Waals surface area contributed by atoms with Crippen molar-refractivity contribution in [2.75, 3.05) is 25.1 Å². The van der Waals surface area contributed by atoms with E-state index >= 15 is 0 Å². The fraction of sp³-hybridized carbons (Fsp3) is 0.368. The Labute approximate surface area is 148 Å². The van der Waals surface area contributed by atoms with Gasteiger partial charge in [0.1, 0.15) is 5.75 Å².